The van der Waals surface area contributed by atoms with Crippen LogP contribution in [0.4, 0.5) is 14.5 Å². The number of benzene rings is 2. The number of H-pyrrole nitrogens is 1. The molecule has 8 heteroatoms. The number of halogens is 2. The molecule has 0 spiro atoms. The van der Waals surface area contributed by atoms with Crippen LogP contribution < -0.4 is 4.90 Å². The van der Waals surface area contributed by atoms with Gasteiger partial charge in [-0.05, 0) is 31.2 Å². The highest BCUT2D eigenvalue weighted by Gasteiger charge is 2.44. The molecule has 6 nitrogen and oxygen atoms in total. The molecule has 1 amide bonds. The number of aromatic amines is 1. The number of imidazole rings is 1. The number of amides is 1. The molecule has 1 atom stereocenters. The summed E-state index contributed by atoms with van der Waals surface area (Å²) in [5.74, 6) is -2.28. The molecule has 1 unspecified atom stereocenters. The SMILES string of the molecule is CC.Cc1c2c(nn1C)C(=O)N(c1ccc3nc[nH]c3c1)C2c1cccc(F)c1F. The van der Waals surface area contributed by atoms with E-state index in [1.807, 2.05) is 20.8 Å². The summed E-state index contributed by atoms with van der Waals surface area (Å²) in [6.45, 7) is 5.81. The van der Waals surface area contributed by atoms with Crippen molar-refractivity contribution in [1.29, 1.82) is 0 Å². The van der Waals surface area contributed by atoms with Crippen LogP contribution >= 0.6 is 0 Å². The van der Waals surface area contributed by atoms with Crippen molar-refractivity contribution in [3.63, 3.8) is 0 Å². The largest absolute Gasteiger partial charge is 0.345 e. The molecule has 3 heterocycles. The third-order valence-corrected chi connectivity index (χ3v) is 5.29. The van der Waals surface area contributed by atoms with Crippen molar-refractivity contribution in [2.45, 2.75) is 26.8 Å². The lowest BCUT2D eigenvalue weighted by Gasteiger charge is -2.27. The van der Waals surface area contributed by atoms with E-state index in [4.69, 9.17) is 0 Å². The van der Waals surface area contributed by atoms with Crippen LogP contribution in [0.3, 0.4) is 0 Å². The third-order valence-electron chi connectivity index (χ3n) is 5.29. The van der Waals surface area contributed by atoms with Gasteiger partial charge in [0.25, 0.3) is 5.91 Å². The number of nitrogens with zero attached hydrogens (tertiary/aromatic N) is 4. The second-order valence-electron chi connectivity index (χ2n) is 6.80. The fraction of sp³-hybridized carbons (Fsp3) is 0.227. The van der Waals surface area contributed by atoms with E-state index in [2.05, 4.69) is 15.1 Å². The first-order valence-electron chi connectivity index (χ1n) is 9.71. The number of carbonyl (C=O) groups is 1. The first-order chi connectivity index (χ1) is 14.5. The molecule has 1 N–H and O–H groups in total. The number of fused-ring (bicyclic) bond motifs is 2. The van der Waals surface area contributed by atoms with Gasteiger partial charge in [0.05, 0.1) is 23.4 Å². The van der Waals surface area contributed by atoms with Gasteiger partial charge in [-0.25, -0.2) is 13.8 Å². The van der Waals surface area contributed by atoms with Crippen molar-refractivity contribution >= 4 is 22.6 Å². The van der Waals surface area contributed by atoms with E-state index in [1.165, 1.54) is 17.0 Å². The molecule has 4 aromatic rings. The Bertz CT molecular complexity index is 1260. The van der Waals surface area contributed by atoms with Crippen LogP contribution in [0.25, 0.3) is 11.0 Å². The average molecular weight is 409 g/mol. The minimum Gasteiger partial charge on any atom is -0.345 e. The van der Waals surface area contributed by atoms with Gasteiger partial charge in [-0.3, -0.25) is 14.4 Å². The van der Waals surface area contributed by atoms with Crippen LogP contribution in [0.15, 0.2) is 42.7 Å². The summed E-state index contributed by atoms with van der Waals surface area (Å²) in [6, 6.07) is 8.48. The van der Waals surface area contributed by atoms with E-state index >= 15 is 0 Å². The van der Waals surface area contributed by atoms with Gasteiger partial charge in [-0.2, -0.15) is 5.10 Å². The van der Waals surface area contributed by atoms with Crippen LogP contribution in [-0.4, -0.2) is 25.7 Å². The second kappa shape index (κ2) is 7.37. The van der Waals surface area contributed by atoms with Crippen LogP contribution in [0.5, 0.6) is 0 Å². The van der Waals surface area contributed by atoms with E-state index in [0.717, 1.165) is 22.8 Å². The smallest absolute Gasteiger partial charge is 0.280 e. The minimum absolute atomic E-state index is 0.0907. The molecule has 5 rings (SSSR count). The molecule has 0 fully saturated rings. The van der Waals surface area contributed by atoms with Crippen molar-refractivity contribution in [2.24, 2.45) is 7.05 Å². The first kappa shape index (κ1) is 19.8. The number of aromatic nitrogens is 4. The molecule has 154 valence electrons. The summed E-state index contributed by atoms with van der Waals surface area (Å²) in [5, 5.41) is 4.32. The molecule has 1 aliphatic rings. The van der Waals surface area contributed by atoms with Crippen molar-refractivity contribution in [3.8, 4) is 0 Å². The zero-order chi connectivity index (χ0) is 21.6. The maximum atomic E-state index is 14.7. The van der Waals surface area contributed by atoms with Crippen molar-refractivity contribution in [2.75, 3.05) is 4.90 Å². The minimum atomic E-state index is -0.968. The number of carbonyl (C=O) groups excluding carboxylic acids is 1. The monoisotopic (exact) mass is 409 g/mol. The predicted octanol–water partition coefficient (Wildman–Crippen LogP) is 4.66. The standard InChI is InChI=1S/C20H15F2N5O.C2H6/c1-10-16-18(25-26(10)2)20(28)27(11-6-7-14-15(8-11)24-9-23-14)19(16)12-4-3-5-13(21)17(12)22;1-2/h3-9,19H,1-2H3,(H,23,24);1-2H3. The quantitative estimate of drug-likeness (QED) is 0.524. The topological polar surface area (TPSA) is 66.8 Å². The Balaban J connectivity index is 0.00000106. The van der Waals surface area contributed by atoms with E-state index in [-0.39, 0.29) is 17.2 Å². The summed E-state index contributed by atoms with van der Waals surface area (Å²) in [7, 11) is 1.72. The van der Waals surface area contributed by atoms with Gasteiger partial charge in [-0.1, -0.05) is 26.0 Å². The van der Waals surface area contributed by atoms with E-state index in [1.54, 1.807) is 36.3 Å². The zero-order valence-corrected chi connectivity index (χ0v) is 17.1. The molecule has 0 saturated carbocycles. The highest BCUT2D eigenvalue weighted by molar-refractivity contribution is 6.11. The second-order valence-corrected chi connectivity index (χ2v) is 6.80. The van der Waals surface area contributed by atoms with Crippen molar-refractivity contribution < 1.29 is 13.6 Å². The number of hydrogen-bond acceptors (Lipinski definition) is 3. The molecule has 1 aliphatic heterocycles. The molecule has 0 saturated heterocycles. The van der Waals surface area contributed by atoms with Crippen molar-refractivity contribution in [3.05, 3.63) is 76.9 Å². The molecule has 2 aromatic heterocycles. The molecular formula is C22H21F2N5O. The van der Waals surface area contributed by atoms with E-state index in [0.29, 0.717) is 11.3 Å². The summed E-state index contributed by atoms with van der Waals surface area (Å²) in [5.41, 5.74) is 3.69. The van der Waals surface area contributed by atoms with Gasteiger partial charge in [0.1, 0.15) is 0 Å². The van der Waals surface area contributed by atoms with Crippen LogP contribution in [-0.2, 0) is 7.05 Å². The number of anilines is 1. The Morgan fingerprint density at radius 2 is 1.90 bits per heavy atom. The van der Waals surface area contributed by atoms with Crippen molar-refractivity contribution in [1.82, 2.24) is 19.7 Å². The molecule has 0 bridgehead atoms. The Hall–Kier alpha value is -3.55. The summed E-state index contributed by atoms with van der Waals surface area (Å²) < 4.78 is 30.3. The van der Waals surface area contributed by atoms with Crippen LogP contribution in [0.2, 0.25) is 0 Å². The number of hydrogen-bond donors (Lipinski definition) is 1. The molecule has 0 aliphatic carbocycles. The lowest BCUT2D eigenvalue weighted by molar-refractivity contribution is 0.0987. The normalized spacial score (nSPS) is 15.3. The Morgan fingerprint density at radius 3 is 2.67 bits per heavy atom. The molecular weight excluding hydrogens is 388 g/mol. The molecule has 0 radical (unpaired) electrons. The number of nitrogens with one attached hydrogen (secondary N) is 1. The Kier molecular flexibility index (Phi) is 4.85. The highest BCUT2D eigenvalue weighted by atomic mass is 19.2. The molecule has 2 aromatic carbocycles. The summed E-state index contributed by atoms with van der Waals surface area (Å²) in [4.78, 5) is 21.9. The number of aryl methyl sites for hydroxylation is 1. The van der Waals surface area contributed by atoms with Crippen LogP contribution in [0, 0.1) is 18.6 Å². The van der Waals surface area contributed by atoms with E-state index in [9.17, 15) is 13.6 Å². The number of rotatable bonds is 2. The van der Waals surface area contributed by atoms with Crippen LogP contribution in [0.1, 0.15) is 47.2 Å². The van der Waals surface area contributed by atoms with Gasteiger partial charge < -0.3 is 4.98 Å². The predicted molar refractivity (Wildman–Crippen MR) is 110 cm³/mol. The average Bonchev–Trinajstić information content (AvgIpc) is 3.41. The van der Waals surface area contributed by atoms with Gasteiger partial charge in [0.2, 0.25) is 0 Å². The fourth-order valence-corrected chi connectivity index (χ4v) is 3.84. The Morgan fingerprint density at radius 1 is 1.13 bits per heavy atom. The maximum absolute atomic E-state index is 14.7. The highest BCUT2D eigenvalue weighted by Crippen LogP contribution is 2.44. The van der Waals surface area contributed by atoms with Gasteiger partial charge in [-0.15, -0.1) is 0 Å². The van der Waals surface area contributed by atoms with Gasteiger partial charge in [0.15, 0.2) is 17.3 Å². The van der Waals surface area contributed by atoms with Gasteiger partial charge >= 0.3 is 0 Å². The lowest BCUT2D eigenvalue weighted by Crippen LogP contribution is -2.30. The van der Waals surface area contributed by atoms with Gasteiger partial charge in [0, 0.05) is 29.6 Å². The Labute approximate surface area is 172 Å². The zero-order valence-electron chi connectivity index (χ0n) is 17.1. The summed E-state index contributed by atoms with van der Waals surface area (Å²) in [6.07, 6.45) is 1.56. The van der Waals surface area contributed by atoms with E-state index < -0.39 is 17.7 Å². The molecule has 30 heavy (non-hydrogen) atoms. The lowest BCUT2D eigenvalue weighted by atomic mass is 9.98. The first-order valence-corrected chi connectivity index (χ1v) is 9.71. The summed E-state index contributed by atoms with van der Waals surface area (Å²) >= 11 is 0. The third kappa shape index (κ3) is 2.79. The fourth-order valence-electron chi connectivity index (χ4n) is 3.84. The maximum Gasteiger partial charge on any atom is 0.280 e.